The molecule has 11 heteroatoms. The molecule has 35 heavy (non-hydrogen) atoms. The Morgan fingerprint density at radius 3 is 2.34 bits per heavy atom. The molecule has 190 valence electrons. The van der Waals surface area contributed by atoms with E-state index in [-0.39, 0.29) is 31.0 Å². The Morgan fingerprint density at radius 2 is 1.69 bits per heavy atom. The SMILES string of the molecule is C[C@@H]1CN(Cc2ccc(Cl)cc2)[C@@H](C)CN1C(=O)COc1ccc(Cl)cc1CC(=O)CS(N)(=O)=O. The van der Waals surface area contributed by atoms with Crippen LogP contribution in [0.2, 0.25) is 10.0 Å². The predicted octanol–water partition coefficient (Wildman–Crippen LogP) is 2.89. The van der Waals surface area contributed by atoms with Gasteiger partial charge in [-0.05, 0) is 49.7 Å². The molecule has 8 nitrogen and oxygen atoms in total. The third-order valence-corrected chi connectivity index (χ3v) is 7.07. The predicted molar refractivity (Wildman–Crippen MR) is 136 cm³/mol. The van der Waals surface area contributed by atoms with Gasteiger partial charge in [0.25, 0.3) is 5.91 Å². The number of sulfonamides is 1. The first kappa shape index (κ1) is 27.4. The molecule has 1 amide bonds. The average molecular weight is 542 g/mol. The van der Waals surface area contributed by atoms with Crippen LogP contribution < -0.4 is 9.88 Å². The molecule has 1 aliphatic heterocycles. The number of halogens is 2. The second kappa shape index (κ2) is 11.7. The van der Waals surface area contributed by atoms with Crippen LogP contribution >= 0.6 is 23.2 Å². The maximum Gasteiger partial charge on any atom is 0.260 e. The summed E-state index contributed by atoms with van der Waals surface area (Å²) in [5.74, 6) is -1.25. The maximum absolute atomic E-state index is 13.0. The number of nitrogens with two attached hydrogens (primary N) is 1. The van der Waals surface area contributed by atoms with E-state index in [2.05, 4.69) is 11.8 Å². The highest BCUT2D eigenvalue weighted by atomic mass is 35.5. The van der Waals surface area contributed by atoms with Crippen LogP contribution in [0.25, 0.3) is 0 Å². The Balaban J connectivity index is 1.60. The highest BCUT2D eigenvalue weighted by Gasteiger charge is 2.32. The third kappa shape index (κ3) is 8.18. The zero-order chi connectivity index (χ0) is 25.8. The number of carbonyl (C=O) groups is 2. The lowest BCUT2D eigenvalue weighted by atomic mass is 10.1. The van der Waals surface area contributed by atoms with Crippen molar-refractivity contribution >= 4 is 44.9 Å². The largest absolute Gasteiger partial charge is 0.483 e. The van der Waals surface area contributed by atoms with Gasteiger partial charge in [0.2, 0.25) is 10.0 Å². The van der Waals surface area contributed by atoms with Crippen LogP contribution in [0.4, 0.5) is 0 Å². The number of carbonyl (C=O) groups excluding carboxylic acids is 2. The van der Waals surface area contributed by atoms with Crippen LogP contribution in [0, 0.1) is 0 Å². The van der Waals surface area contributed by atoms with Crippen molar-refractivity contribution in [1.82, 2.24) is 9.80 Å². The lowest BCUT2D eigenvalue weighted by Gasteiger charge is -2.44. The monoisotopic (exact) mass is 541 g/mol. The minimum absolute atomic E-state index is 0.0179. The van der Waals surface area contributed by atoms with Crippen molar-refractivity contribution in [1.29, 1.82) is 0 Å². The molecule has 0 spiro atoms. The minimum Gasteiger partial charge on any atom is -0.483 e. The van der Waals surface area contributed by atoms with Crippen LogP contribution in [0.15, 0.2) is 42.5 Å². The van der Waals surface area contributed by atoms with Crippen LogP contribution in [-0.4, -0.2) is 67.4 Å². The molecule has 1 heterocycles. The van der Waals surface area contributed by atoms with Crippen LogP contribution in [0.3, 0.4) is 0 Å². The number of ether oxygens (including phenoxy) is 1. The first-order valence-corrected chi connectivity index (χ1v) is 13.6. The Kier molecular flexibility index (Phi) is 9.17. The number of hydrogen-bond acceptors (Lipinski definition) is 6. The fourth-order valence-electron chi connectivity index (χ4n) is 4.13. The van der Waals surface area contributed by atoms with Gasteiger partial charge in [0.15, 0.2) is 12.4 Å². The van der Waals surface area contributed by atoms with Crippen molar-refractivity contribution < 1.29 is 22.7 Å². The van der Waals surface area contributed by atoms with Gasteiger partial charge < -0.3 is 9.64 Å². The minimum atomic E-state index is -3.94. The Morgan fingerprint density at radius 1 is 1.03 bits per heavy atom. The van der Waals surface area contributed by atoms with E-state index >= 15 is 0 Å². The van der Waals surface area contributed by atoms with Gasteiger partial charge in [0, 0.05) is 53.7 Å². The fourth-order valence-corrected chi connectivity index (χ4v) is 5.00. The molecule has 0 aromatic heterocycles. The summed E-state index contributed by atoms with van der Waals surface area (Å²) in [7, 11) is -3.94. The van der Waals surface area contributed by atoms with E-state index in [0.717, 1.165) is 12.1 Å². The molecule has 2 aromatic carbocycles. The average Bonchev–Trinajstić information content (AvgIpc) is 2.75. The standard InChI is InChI=1S/C24H29Cl2N3O5S/c1-16-12-29(17(2)11-28(16)13-18-3-5-20(25)6-4-18)24(31)14-34-23-8-7-21(26)9-19(23)10-22(30)15-35(27,32)33/h3-9,16-17H,10-15H2,1-2H3,(H2,27,32,33)/t16-,17+/m0/s1. The zero-order valence-electron chi connectivity index (χ0n) is 19.6. The molecule has 1 fully saturated rings. The van der Waals surface area contributed by atoms with E-state index in [4.69, 9.17) is 33.1 Å². The summed E-state index contributed by atoms with van der Waals surface area (Å²) >= 11 is 12.0. The third-order valence-electron chi connectivity index (χ3n) is 5.86. The van der Waals surface area contributed by atoms with Gasteiger partial charge in [-0.3, -0.25) is 14.5 Å². The first-order valence-electron chi connectivity index (χ1n) is 11.1. The molecule has 1 saturated heterocycles. The number of piperazine rings is 1. The molecule has 0 radical (unpaired) electrons. The molecule has 3 rings (SSSR count). The Labute approximate surface area is 216 Å². The van der Waals surface area contributed by atoms with Gasteiger partial charge in [0.1, 0.15) is 11.5 Å². The number of benzene rings is 2. The Hall–Kier alpha value is -2.17. The summed E-state index contributed by atoms with van der Waals surface area (Å²) in [6.07, 6.45) is -0.225. The number of Topliss-reactive ketones (excluding diaryl/α,β-unsaturated/α-hetero) is 1. The summed E-state index contributed by atoms with van der Waals surface area (Å²) in [6.45, 7) is 5.89. The molecule has 2 aromatic rings. The number of nitrogens with zero attached hydrogens (tertiary/aromatic N) is 2. The highest BCUT2D eigenvalue weighted by molar-refractivity contribution is 7.89. The molecular formula is C24H29Cl2N3O5S. The Bertz CT molecular complexity index is 1170. The van der Waals surface area contributed by atoms with Gasteiger partial charge in [-0.2, -0.15) is 0 Å². The van der Waals surface area contributed by atoms with E-state index in [0.29, 0.717) is 34.4 Å². The van der Waals surface area contributed by atoms with Crippen LogP contribution in [0.1, 0.15) is 25.0 Å². The van der Waals surface area contributed by atoms with E-state index in [9.17, 15) is 18.0 Å². The van der Waals surface area contributed by atoms with E-state index in [1.54, 1.807) is 17.0 Å². The zero-order valence-corrected chi connectivity index (χ0v) is 21.9. The number of ketones is 1. The van der Waals surface area contributed by atoms with Crippen molar-refractivity contribution in [3.05, 3.63) is 63.6 Å². The van der Waals surface area contributed by atoms with E-state index < -0.39 is 21.6 Å². The molecule has 0 saturated carbocycles. The van der Waals surface area contributed by atoms with Crippen molar-refractivity contribution in [2.75, 3.05) is 25.4 Å². The van der Waals surface area contributed by atoms with Crippen molar-refractivity contribution in [3.63, 3.8) is 0 Å². The number of primary sulfonamides is 1. The highest BCUT2D eigenvalue weighted by Crippen LogP contribution is 2.25. The number of rotatable bonds is 9. The summed E-state index contributed by atoms with van der Waals surface area (Å²) in [6, 6.07) is 12.5. The summed E-state index contributed by atoms with van der Waals surface area (Å²) < 4.78 is 28.2. The van der Waals surface area contributed by atoms with Gasteiger partial charge >= 0.3 is 0 Å². The first-order chi connectivity index (χ1) is 16.4. The summed E-state index contributed by atoms with van der Waals surface area (Å²) in [5.41, 5.74) is 1.55. The smallest absolute Gasteiger partial charge is 0.260 e. The molecule has 0 aliphatic carbocycles. The fraction of sp³-hybridized carbons (Fsp3) is 0.417. The van der Waals surface area contributed by atoms with E-state index in [1.807, 2.05) is 31.2 Å². The van der Waals surface area contributed by atoms with Gasteiger partial charge in [0.05, 0.1) is 0 Å². The van der Waals surface area contributed by atoms with Gasteiger partial charge in [-0.25, -0.2) is 13.6 Å². The van der Waals surface area contributed by atoms with Crippen molar-refractivity contribution in [3.8, 4) is 5.75 Å². The number of amides is 1. The normalized spacial score (nSPS) is 18.9. The quantitative estimate of drug-likeness (QED) is 0.522. The summed E-state index contributed by atoms with van der Waals surface area (Å²) in [4.78, 5) is 29.2. The van der Waals surface area contributed by atoms with Crippen molar-refractivity contribution in [2.24, 2.45) is 5.14 Å². The van der Waals surface area contributed by atoms with Gasteiger partial charge in [-0.1, -0.05) is 35.3 Å². The lowest BCUT2D eigenvalue weighted by molar-refractivity contribution is -0.139. The molecule has 2 N–H and O–H groups in total. The molecule has 0 bridgehead atoms. The second-order valence-corrected chi connectivity index (χ2v) is 11.4. The van der Waals surface area contributed by atoms with Crippen LogP contribution in [-0.2, 0) is 32.6 Å². The maximum atomic E-state index is 13.0. The molecule has 0 unspecified atom stereocenters. The number of hydrogen-bond donors (Lipinski definition) is 1. The summed E-state index contributed by atoms with van der Waals surface area (Å²) in [5, 5.41) is 6.02. The van der Waals surface area contributed by atoms with Crippen molar-refractivity contribution in [2.45, 2.75) is 38.9 Å². The molecule has 2 atom stereocenters. The van der Waals surface area contributed by atoms with Crippen LogP contribution in [0.5, 0.6) is 5.75 Å². The molecule has 1 aliphatic rings. The topological polar surface area (TPSA) is 110 Å². The van der Waals surface area contributed by atoms with Gasteiger partial charge in [-0.15, -0.1) is 0 Å². The second-order valence-electron chi connectivity index (χ2n) is 8.86. The lowest BCUT2D eigenvalue weighted by Crippen LogP contribution is -2.58. The molecular weight excluding hydrogens is 513 g/mol. The van der Waals surface area contributed by atoms with E-state index in [1.165, 1.54) is 6.07 Å².